The molecule has 0 radical (unpaired) electrons. The van der Waals surface area contributed by atoms with Crippen LogP contribution in [0.1, 0.15) is 55.8 Å². The van der Waals surface area contributed by atoms with Gasteiger partial charge in [-0.1, -0.05) is 41.4 Å². The van der Waals surface area contributed by atoms with Crippen molar-refractivity contribution >= 4 is 118 Å². The molecule has 0 unspecified atom stereocenters. The van der Waals surface area contributed by atoms with Crippen molar-refractivity contribution in [3.8, 4) is 44.9 Å². The number of hydroxylamine groups is 4. The van der Waals surface area contributed by atoms with Gasteiger partial charge in [0.25, 0.3) is 33.7 Å². The first kappa shape index (κ1) is 76.0. The quantitative estimate of drug-likeness (QED) is 0.0166. The number of rotatable bonds is 16. The predicted octanol–water partition coefficient (Wildman–Crippen LogP) is 7.01. The summed E-state index contributed by atoms with van der Waals surface area (Å²) < 4.78 is 84.8. The van der Waals surface area contributed by atoms with Crippen LogP contribution >= 0.6 is 12.0 Å². The molecule has 5 heterocycles. The van der Waals surface area contributed by atoms with Crippen LogP contribution in [0, 0.1) is 5.92 Å². The highest BCUT2D eigenvalue weighted by Crippen LogP contribution is 2.46. The molecule has 6 aromatic rings. The number of carbonyl (C=O) groups excluding carboxylic acids is 6. The average Bonchev–Trinajstić information content (AvgIpc) is 0.841. The Morgan fingerprint density at radius 2 is 1.09 bits per heavy atom. The van der Waals surface area contributed by atoms with Gasteiger partial charge in [0.2, 0.25) is 26.4 Å². The summed E-state index contributed by atoms with van der Waals surface area (Å²) >= 11 is 0.831. The monoisotopic (exact) mass is 1490 g/mol. The number of fused-ring (bicyclic) bond motifs is 4. The molecule has 5 aliphatic heterocycles. The third-order valence-electron chi connectivity index (χ3n) is 17.5. The maximum absolute atomic E-state index is 14.7. The third-order valence-corrected chi connectivity index (χ3v) is 20.9. The van der Waals surface area contributed by atoms with E-state index in [4.69, 9.17) is 18.9 Å². The van der Waals surface area contributed by atoms with Crippen molar-refractivity contribution in [2.45, 2.75) is 60.1 Å². The first-order valence-corrected chi connectivity index (χ1v) is 35.6. The number of hydrogen-bond donors (Lipinski definition) is 3. The Labute approximate surface area is 606 Å². The summed E-state index contributed by atoms with van der Waals surface area (Å²) in [5, 5.41) is 26.2. The second-order valence-corrected chi connectivity index (χ2v) is 28.6. The first-order valence-electron chi connectivity index (χ1n) is 32.0. The molecule has 13 rings (SSSR count). The fraction of sp³-hybridized carbons (Fsp3) is 0.219. The van der Waals surface area contributed by atoms with Crippen LogP contribution in [0.2, 0.25) is 0 Å². The normalized spacial score (nSPS) is 14.5. The Hall–Kier alpha value is -10.7. The van der Waals surface area contributed by atoms with E-state index in [1.165, 1.54) is 22.5 Å². The largest absolute Gasteiger partial charge is 1.00 e. The lowest BCUT2D eigenvalue weighted by Crippen LogP contribution is -3.00. The van der Waals surface area contributed by atoms with Gasteiger partial charge in [0, 0.05) is 164 Å². The molecule has 7 aliphatic rings. The van der Waals surface area contributed by atoms with E-state index in [1.54, 1.807) is 72.3 Å². The lowest BCUT2D eigenvalue weighted by atomic mass is 9.90. The first-order chi connectivity index (χ1) is 49.1. The molecule has 6 aromatic carbocycles. The van der Waals surface area contributed by atoms with Gasteiger partial charge in [-0.25, -0.2) is 32.6 Å². The minimum absolute atomic E-state index is 0. The molecule has 4 amide bonds. The van der Waals surface area contributed by atoms with Crippen LogP contribution in [-0.4, -0.2) is 143 Å². The molecule has 3 fully saturated rings. The molecule has 540 valence electrons. The van der Waals surface area contributed by atoms with Crippen LogP contribution in [0.4, 0.5) is 22.7 Å². The summed E-state index contributed by atoms with van der Waals surface area (Å²) in [4.78, 5) is 94.6. The molecule has 3 N–H and O–H groups in total. The number of imide groups is 2. The molecule has 0 spiro atoms. The highest BCUT2D eigenvalue weighted by Gasteiger charge is 2.39. The molecule has 3 saturated heterocycles. The Morgan fingerprint density at radius 1 is 0.587 bits per heavy atom. The number of piperidine rings is 1. The number of aromatic carboxylic acids is 1. The van der Waals surface area contributed by atoms with Crippen LogP contribution in [0.25, 0.3) is 66.8 Å². The Bertz CT molecular complexity index is 5320. The lowest BCUT2D eigenvalue weighted by molar-refractivity contribution is -0.432. The van der Waals surface area contributed by atoms with Crippen molar-refractivity contribution in [3.05, 3.63) is 186 Å². The number of halogens is 1. The van der Waals surface area contributed by atoms with E-state index in [0.717, 1.165) is 69.2 Å². The maximum Gasteiger partial charge on any atom is 0.336 e. The fourth-order valence-corrected chi connectivity index (χ4v) is 14.6. The molecule has 27 nitrogen and oxygen atoms in total. The molecule has 0 aromatic heterocycles. The topological polar surface area (TPSA) is 334 Å². The van der Waals surface area contributed by atoms with Gasteiger partial charge >= 0.3 is 17.9 Å². The molecule has 104 heavy (non-hydrogen) atoms. The van der Waals surface area contributed by atoms with Gasteiger partial charge in [-0.15, -0.1) is 14.5 Å². The minimum Gasteiger partial charge on any atom is -1.00 e. The highest BCUT2D eigenvalue weighted by atomic mass is 35.5. The van der Waals surface area contributed by atoms with Crippen molar-refractivity contribution in [2.75, 3.05) is 65.2 Å². The second kappa shape index (κ2) is 31.9. The maximum atomic E-state index is 14.7. The molecular weight excluding hydrogens is 1430 g/mol. The van der Waals surface area contributed by atoms with Gasteiger partial charge in [0.1, 0.15) is 43.8 Å². The van der Waals surface area contributed by atoms with Gasteiger partial charge in [-0.3, -0.25) is 23.7 Å². The van der Waals surface area contributed by atoms with Gasteiger partial charge < -0.3 is 45.8 Å². The SMILES string of the molecule is CC(=O)ON1C(=O)CCC1=O.CN(C)c1ccc2c(-c3ccccc3C(=O)O)c3ccc(=[N+](C)C)cc-3oc2c1.CN(c1ccc(SOOO)cc1)c1ccc2c(-c3ccccc3S(=O)(=O)N3CCC(C(=O)ON4C(=O)CCC4=O)CC3)c3ccc(=[N+](C)c4ccc(S(=O)(=O)O)cc4)cc-3oc2c1.[Cl-]. The number of benzene rings is 8. The zero-order valence-electron chi connectivity index (χ0n) is 56.9. The van der Waals surface area contributed by atoms with E-state index in [9.17, 15) is 60.1 Å². The summed E-state index contributed by atoms with van der Waals surface area (Å²) in [6, 6.07) is 49.8. The van der Waals surface area contributed by atoms with Gasteiger partial charge in [0.05, 0.1) is 45.4 Å². The Morgan fingerprint density at radius 3 is 1.62 bits per heavy atom. The van der Waals surface area contributed by atoms with Crippen LogP contribution in [0.5, 0.6) is 0 Å². The van der Waals surface area contributed by atoms with E-state index in [0.29, 0.717) is 65.0 Å². The highest BCUT2D eigenvalue weighted by molar-refractivity contribution is 7.94. The summed E-state index contributed by atoms with van der Waals surface area (Å²) in [5.74, 6) is -4.05. The standard InChI is InChI=1S/C43H38N4O13S3.C24H22N2O3.C6H7NO4.ClH/c1-44(28-7-13-32(14-8-28)61-60-59-51)30-11-17-34-37(25-30)57-38-26-31(45(2)29-9-15-33(16-10-29)63(54,55)56)12-18-35(38)42(34)36-5-3-4-6-39(36)62(52,53)46-23-21-27(22-24-46)43(50)58-47-40(48)19-20-41(47)49;1-25(2)15-9-11-19-21(13-15)29-22-14-16(26(3)4)10-12-20(22)23(19)17-7-5-6-8-18(17)24(27)28;1-4(8)11-7-5(9)2-3-6(7)10;/h3-18,25-27H,19-24H2,1-2H3,(H-,51,54,55,56);5-14H,1-4H3;2-3H2,1H3;1H/p+1. The van der Waals surface area contributed by atoms with Gasteiger partial charge in [-0.05, 0) is 103 Å². The van der Waals surface area contributed by atoms with Crippen molar-refractivity contribution in [2.24, 2.45) is 5.92 Å². The van der Waals surface area contributed by atoms with Gasteiger partial charge in [-0.2, -0.15) is 17.3 Å². The van der Waals surface area contributed by atoms with Crippen molar-refractivity contribution in [3.63, 3.8) is 0 Å². The summed E-state index contributed by atoms with van der Waals surface area (Å²) in [7, 11) is 2.98. The summed E-state index contributed by atoms with van der Waals surface area (Å²) in [6.07, 6.45) is 0.416. The van der Waals surface area contributed by atoms with Crippen LogP contribution in [0.3, 0.4) is 0 Å². The third kappa shape index (κ3) is 16.4. The minimum atomic E-state index is -4.40. The fourth-order valence-electron chi connectivity index (χ4n) is 12.1. The van der Waals surface area contributed by atoms with Crippen molar-refractivity contribution < 1.29 is 106 Å². The Balaban J connectivity index is 0.000000231. The predicted molar refractivity (Wildman–Crippen MR) is 379 cm³/mol. The van der Waals surface area contributed by atoms with Crippen LogP contribution in [-0.2, 0) is 68.0 Å². The molecule has 2 aliphatic carbocycles. The molecule has 0 saturated carbocycles. The van der Waals surface area contributed by atoms with E-state index >= 15 is 0 Å². The number of hydrogen-bond acceptors (Lipinski definition) is 21. The number of carbonyl (C=O) groups is 7. The van der Waals surface area contributed by atoms with Crippen LogP contribution < -0.4 is 42.1 Å². The molecule has 0 atom stereocenters. The van der Waals surface area contributed by atoms with E-state index in [-0.39, 0.29) is 79.4 Å². The van der Waals surface area contributed by atoms with E-state index in [2.05, 4.69) is 14.2 Å². The summed E-state index contributed by atoms with van der Waals surface area (Å²) in [6.45, 7) is 1.11. The number of carboxylic acid groups (broad SMARTS) is 1. The number of anilines is 3. The molecule has 31 heteroatoms. The van der Waals surface area contributed by atoms with E-state index in [1.807, 2.05) is 141 Å². The van der Waals surface area contributed by atoms with Crippen LogP contribution in [0.15, 0.2) is 193 Å². The van der Waals surface area contributed by atoms with Crippen molar-refractivity contribution in [1.29, 1.82) is 0 Å². The molecule has 0 bridgehead atoms. The number of sulfonamides is 1. The second-order valence-electron chi connectivity index (χ2n) is 24.5. The zero-order chi connectivity index (χ0) is 73.8. The van der Waals surface area contributed by atoms with Gasteiger partial charge in [0.15, 0.2) is 0 Å². The zero-order valence-corrected chi connectivity index (χ0v) is 60.1. The Kier molecular flexibility index (Phi) is 23.3. The summed E-state index contributed by atoms with van der Waals surface area (Å²) in [5.41, 5.74) is 8.61. The number of nitrogens with zero attached hydrogens (tertiary/aromatic N) is 7. The smallest absolute Gasteiger partial charge is 0.336 e. The van der Waals surface area contributed by atoms with E-state index < -0.39 is 67.6 Å². The number of amides is 4. The van der Waals surface area contributed by atoms with Crippen molar-refractivity contribution in [1.82, 2.24) is 23.6 Å². The average molecular weight is 1500 g/mol. The molecular formula is C73H69ClN7O20S3+. The lowest BCUT2D eigenvalue weighted by Gasteiger charge is -2.31. The number of carboxylic acids is 1.